The number of hydrogen-bond acceptors (Lipinski definition) is 4. The smallest absolute Gasteiger partial charge is 0.306 e. The van der Waals surface area contributed by atoms with E-state index < -0.39 is 5.60 Å². The van der Waals surface area contributed by atoms with Crippen LogP contribution in [0.3, 0.4) is 0 Å². The summed E-state index contributed by atoms with van der Waals surface area (Å²) in [7, 11) is 1.66. The highest BCUT2D eigenvalue weighted by atomic mass is 79.9. The Balaban J connectivity index is 1.91. The van der Waals surface area contributed by atoms with Gasteiger partial charge in [-0.2, -0.15) is 0 Å². The molecule has 0 aliphatic heterocycles. The molecule has 0 aliphatic carbocycles. The van der Waals surface area contributed by atoms with Crippen LogP contribution in [0.15, 0.2) is 47.1 Å². The van der Waals surface area contributed by atoms with E-state index in [9.17, 15) is 4.79 Å². The normalized spacial score (nSPS) is 11.6. The van der Waals surface area contributed by atoms with Gasteiger partial charge in [0.15, 0.2) is 0 Å². The quantitative estimate of drug-likeness (QED) is 0.494. The Morgan fingerprint density at radius 2 is 1.89 bits per heavy atom. The van der Waals surface area contributed by atoms with Crippen LogP contribution in [0.4, 0.5) is 0 Å². The minimum absolute atomic E-state index is 0.200. The summed E-state index contributed by atoms with van der Waals surface area (Å²) in [5.41, 5.74) is 3.63. The molecule has 0 fully saturated rings. The number of rotatable bonds is 6. The minimum Gasteiger partial charge on any atom is -0.497 e. The van der Waals surface area contributed by atoms with Gasteiger partial charge in [-0.3, -0.25) is 9.78 Å². The summed E-state index contributed by atoms with van der Waals surface area (Å²) in [6.45, 7) is 6.32. The molecule has 3 aromatic rings. The van der Waals surface area contributed by atoms with E-state index in [0.29, 0.717) is 19.4 Å². The first kappa shape index (κ1) is 20.4. The lowest BCUT2D eigenvalue weighted by molar-refractivity contribution is -0.154. The molecule has 0 amide bonds. The van der Waals surface area contributed by atoms with E-state index in [-0.39, 0.29) is 5.97 Å². The average molecular weight is 445 g/mol. The van der Waals surface area contributed by atoms with Crippen LogP contribution in [0, 0.1) is 0 Å². The van der Waals surface area contributed by atoms with Gasteiger partial charge in [0.05, 0.1) is 23.5 Å². The van der Waals surface area contributed by atoms with Crippen molar-refractivity contribution >= 4 is 32.9 Å². The van der Waals surface area contributed by atoms with Crippen molar-refractivity contribution < 1.29 is 14.3 Å². The highest BCUT2D eigenvalue weighted by molar-refractivity contribution is 9.10. The zero-order valence-corrected chi connectivity index (χ0v) is 18.2. The maximum atomic E-state index is 12.2. The number of nitrogens with zero attached hydrogens (tertiary/aromatic N) is 2. The third-order valence-corrected chi connectivity index (χ3v) is 5.18. The number of aromatic nitrogens is 2. The van der Waals surface area contributed by atoms with Gasteiger partial charge >= 0.3 is 5.97 Å². The fourth-order valence-corrected chi connectivity index (χ4v) is 3.85. The van der Waals surface area contributed by atoms with Gasteiger partial charge in [0.2, 0.25) is 0 Å². The summed E-state index contributed by atoms with van der Waals surface area (Å²) in [5, 5.41) is 0. The summed E-state index contributed by atoms with van der Waals surface area (Å²) in [6, 6.07) is 12.0. The lowest BCUT2D eigenvalue weighted by atomic mass is 10.1. The van der Waals surface area contributed by atoms with Gasteiger partial charge in [-0.15, -0.1) is 0 Å². The summed E-state index contributed by atoms with van der Waals surface area (Å²) in [5.74, 6) is 0.628. The zero-order chi connectivity index (χ0) is 20.3. The van der Waals surface area contributed by atoms with Gasteiger partial charge in [0.1, 0.15) is 16.9 Å². The van der Waals surface area contributed by atoms with E-state index in [0.717, 1.165) is 32.5 Å². The number of benzene rings is 1. The van der Waals surface area contributed by atoms with E-state index in [2.05, 4.69) is 25.5 Å². The predicted octanol–water partition coefficient (Wildman–Crippen LogP) is 5.13. The molecular weight excluding hydrogens is 420 g/mol. The van der Waals surface area contributed by atoms with E-state index in [1.165, 1.54) is 0 Å². The third-order valence-electron chi connectivity index (χ3n) is 4.35. The molecular formula is C22H25BrN2O3. The van der Waals surface area contributed by atoms with E-state index >= 15 is 0 Å². The Bertz CT molecular complexity index is 972. The monoisotopic (exact) mass is 444 g/mol. The summed E-state index contributed by atoms with van der Waals surface area (Å²) >= 11 is 3.69. The average Bonchev–Trinajstić information content (AvgIpc) is 2.91. The number of methoxy groups -OCH3 is 1. The van der Waals surface area contributed by atoms with Gasteiger partial charge in [0.25, 0.3) is 0 Å². The molecule has 5 nitrogen and oxygen atoms in total. The van der Waals surface area contributed by atoms with Gasteiger partial charge in [-0.25, -0.2) is 0 Å². The Kier molecular flexibility index (Phi) is 6.08. The summed E-state index contributed by atoms with van der Waals surface area (Å²) in [6.07, 6.45) is 2.67. The third kappa shape index (κ3) is 4.73. The van der Waals surface area contributed by atoms with Crippen molar-refractivity contribution in [1.82, 2.24) is 9.55 Å². The molecule has 28 heavy (non-hydrogen) atoms. The van der Waals surface area contributed by atoms with Gasteiger partial charge in [-0.05, 0) is 73.0 Å². The van der Waals surface area contributed by atoms with Crippen molar-refractivity contribution in [3.8, 4) is 5.75 Å². The lowest BCUT2D eigenvalue weighted by Crippen LogP contribution is -2.24. The molecule has 2 heterocycles. The van der Waals surface area contributed by atoms with Crippen molar-refractivity contribution in [2.75, 3.05) is 7.11 Å². The second kappa shape index (κ2) is 8.35. The number of esters is 1. The van der Waals surface area contributed by atoms with Crippen LogP contribution in [0.5, 0.6) is 5.75 Å². The topological polar surface area (TPSA) is 53.4 Å². The molecule has 0 spiro atoms. The molecule has 0 radical (unpaired) electrons. The summed E-state index contributed by atoms with van der Waals surface area (Å²) < 4.78 is 13.8. The Hall–Kier alpha value is -2.34. The van der Waals surface area contributed by atoms with E-state index in [1.54, 1.807) is 13.3 Å². The number of fused-ring (bicyclic) bond motifs is 1. The van der Waals surface area contributed by atoms with Gasteiger partial charge in [-0.1, -0.05) is 12.1 Å². The first-order valence-electron chi connectivity index (χ1n) is 9.25. The fourth-order valence-electron chi connectivity index (χ4n) is 3.14. The molecule has 6 heteroatoms. The minimum atomic E-state index is -0.480. The second-order valence-electron chi connectivity index (χ2n) is 7.65. The van der Waals surface area contributed by atoms with Gasteiger partial charge < -0.3 is 14.0 Å². The molecule has 0 atom stereocenters. The van der Waals surface area contributed by atoms with Gasteiger partial charge in [0, 0.05) is 18.4 Å². The van der Waals surface area contributed by atoms with Crippen LogP contribution >= 0.6 is 15.9 Å². The Labute approximate surface area is 173 Å². The molecule has 1 aromatic carbocycles. The number of hydrogen-bond donors (Lipinski definition) is 0. The molecule has 148 valence electrons. The largest absolute Gasteiger partial charge is 0.497 e. The highest BCUT2D eigenvalue weighted by Gasteiger charge is 2.20. The Morgan fingerprint density at radius 3 is 2.54 bits per heavy atom. The Morgan fingerprint density at radius 1 is 1.18 bits per heavy atom. The summed E-state index contributed by atoms with van der Waals surface area (Å²) in [4.78, 5) is 16.7. The van der Waals surface area contributed by atoms with Crippen LogP contribution in [0.25, 0.3) is 11.0 Å². The number of carbonyl (C=O) groups excluding carboxylic acids is 1. The number of ether oxygens (including phenoxy) is 2. The molecule has 0 N–H and O–H groups in total. The van der Waals surface area contributed by atoms with E-state index in [1.807, 2.05) is 57.2 Å². The van der Waals surface area contributed by atoms with Crippen molar-refractivity contribution in [3.05, 3.63) is 58.3 Å². The highest BCUT2D eigenvalue weighted by Crippen LogP contribution is 2.31. The number of halogens is 1. The zero-order valence-electron chi connectivity index (χ0n) is 16.7. The molecule has 3 rings (SSSR count). The second-order valence-corrected chi connectivity index (χ2v) is 8.45. The molecule has 0 saturated heterocycles. The number of carbonyl (C=O) groups is 1. The van der Waals surface area contributed by atoms with Crippen LogP contribution in [-0.2, 0) is 22.5 Å². The first-order chi connectivity index (χ1) is 13.3. The van der Waals surface area contributed by atoms with Crippen molar-refractivity contribution in [2.45, 2.75) is 45.8 Å². The van der Waals surface area contributed by atoms with Crippen LogP contribution in [0.2, 0.25) is 0 Å². The fraction of sp³-hybridized carbons (Fsp3) is 0.364. The predicted molar refractivity (Wildman–Crippen MR) is 114 cm³/mol. The number of pyridine rings is 1. The van der Waals surface area contributed by atoms with Crippen LogP contribution in [0.1, 0.15) is 38.4 Å². The molecule has 0 unspecified atom stereocenters. The molecule has 0 saturated carbocycles. The standard InChI is InChI=1S/C22H25BrN2O3/c1-22(2,3)28-19(26)12-11-17-20(23)21-18(6-5-13-24-21)25(17)14-15-7-9-16(27-4)10-8-15/h5-10,13H,11-12,14H2,1-4H3. The van der Waals surface area contributed by atoms with Crippen LogP contribution < -0.4 is 4.74 Å². The molecule has 0 bridgehead atoms. The maximum Gasteiger partial charge on any atom is 0.306 e. The molecule has 0 aliphatic rings. The van der Waals surface area contributed by atoms with Crippen molar-refractivity contribution in [3.63, 3.8) is 0 Å². The molecule has 2 aromatic heterocycles. The van der Waals surface area contributed by atoms with Crippen molar-refractivity contribution in [2.24, 2.45) is 0 Å². The maximum absolute atomic E-state index is 12.2. The van der Waals surface area contributed by atoms with Crippen LogP contribution in [-0.4, -0.2) is 28.2 Å². The van der Waals surface area contributed by atoms with E-state index in [4.69, 9.17) is 9.47 Å². The first-order valence-corrected chi connectivity index (χ1v) is 10.0. The van der Waals surface area contributed by atoms with Crippen molar-refractivity contribution in [1.29, 1.82) is 0 Å². The SMILES string of the molecule is COc1ccc(Cn2c(CCC(=O)OC(C)(C)C)c(Br)c3ncccc32)cc1. The lowest BCUT2D eigenvalue weighted by Gasteiger charge is -2.19.